The highest BCUT2D eigenvalue weighted by Gasteiger charge is 2.33. The van der Waals surface area contributed by atoms with Gasteiger partial charge in [0.15, 0.2) is 6.10 Å². The second-order valence-electron chi connectivity index (χ2n) is 5.03. The number of nitrogens with two attached hydrogens (primary N) is 1. The number of likely N-dealkylation sites (tertiary alicyclic amines) is 1. The van der Waals surface area contributed by atoms with E-state index in [4.69, 9.17) is 10.5 Å². The maximum atomic E-state index is 12.5. The summed E-state index contributed by atoms with van der Waals surface area (Å²) in [7, 11) is 0. The fourth-order valence-corrected chi connectivity index (χ4v) is 2.75. The van der Waals surface area contributed by atoms with Gasteiger partial charge in [0, 0.05) is 19.1 Å². The maximum Gasteiger partial charge on any atom is 0.256 e. The molecule has 1 aromatic rings. The highest BCUT2D eigenvalue weighted by Crippen LogP contribution is 2.29. The van der Waals surface area contributed by atoms with Gasteiger partial charge in [-0.15, -0.1) is 12.4 Å². The predicted molar refractivity (Wildman–Crippen MR) is 75.3 cm³/mol. The largest absolute Gasteiger partial charge is 0.363 e. The van der Waals surface area contributed by atoms with Crippen molar-refractivity contribution in [3.63, 3.8) is 0 Å². The Hall–Kier alpha value is -1.10. The fourth-order valence-electron chi connectivity index (χ4n) is 2.75. The number of hydrogen-bond donors (Lipinski definition) is 1. The first kappa shape index (κ1) is 14.3. The van der Waals surface area contributed by atoms with Gasteiger partial charge < -0.3 is 15.4 Å². The average molecular weight is 283 g/mol. The van der Waals surface area contributed by atoms with Crippen molar-refractivity contribution in [2.45, 2.75) is 25.0 Å². The van der Waals surface area contributed by atoms with E-state index in [1.807, 2.05) is 23.1 Å². The standard InChI is InChI=1S/C14H18N2O2.ClH/c15-11-5-7-16(9-11)14(17)13-12-4-2-1-3-10(12)6-8-18-13;/h1-4,11,13H,5-9,15H2;1H/t11-,13?;/m1./s1. The van der Waals surface area contributed by atoms with E-state index in [1.165, 1.54) is 5.56 Å². The Kier molecular flexibility index (Phi) is 4.45. The molecule has 104 valence electrons. The van der Waals surface area contributed by atoms with Crippen LogP contribution in [0.25, 0.3) is 0 Å². The van der Waals surface area contributed by atoms with E-state index in [0.717, 1.165) is 24.9 Å². The van der Waals surface area contributed by atoms with E-state index in [9.17, 15) is 4.79 Å². The Balaban J connectivity index is 0.00000133. The van der Waals surface area contributed by atoms with Crippen molar-refractivity contribution in [3.05, 3.63) is 35.4 Å². The number of carbonyl (C=O) groups is 1. The van der Waals surface area contributed by atoms with Gasteiger partial charge in [-0.3, -0.25) is 4.79 Å². The lowest BCUT2D eigenvalue weighted by Gasteiger charge is -2.28. The predicted octanol–water partition coefficient (Wildman–Crippen LogP) is 1.28. The van der Waals surface area contributed by atoms with E-state index < -0.39 is 6.10 Å². The molecule has 0 aliphatic carbocycles. The summed E-state index contributed by atoms with van der Waals surface area (Å²) in [5, 5.41) is 0. The molecule has 4 nitrogen and oxygen atoms in total. The summed E-state index contributed by atoms with van der Waals surface area (Å²) in [6, 6.07) is 8.16. The zero-order valence-electron chi connectivity index (χ0n) is 10.7. The lowest BCUT2D eigenvalue weighted by Crippen LogP contribution is -2.38. The molecule has 1 aromatic carbocycles. The minimum absolute atomic E-state index is 0. The molecular formula is C14H19ClN2O2. The molecule has 0 saturated carbocycles. The zero-order valence-corrected chi connectivity index (χ0v) is 11.6. The monoisotopic (exact) mass is 282 g/mol. The molecule has 1 amide bonds. The molecule has 0 bridgehead atoms. The SMILES string of the molecule is Cl.N[C@@H]1CCN(C(=O)C2OCCc3ccccc32)C1. The minimum atomic E-state index is -0.430. The quantitative estimate of drug-likeness (QED) is 0.844. The van der Waals surface area contributed by atoms with Gasteiger partial charge in [0.25, 0.3) is 5.91 Å². The Morgan fingerprint density at radius 1 is 1.37 bits per heavy atom. The lowest BCUT2D eigenvalue weighted by atomic mass is 9.97. The molecule has 1 saturated heterocycles. The van der Waals surface area contributed by atoms with Crippen molar-refractivity contribution in [2.24, 2.45) is 5.73 Å². The van der Waals surface area contributed by atoms with Crippen LogP contribution >= 0.6 is 12.4 Å². The molecule has 0 spiro atoms. The number of benzene rings is 1. The molecule has 1 fully saturated rings. The number of hydrogen-bond acceptors (Lipinski definition) is 3. The summed E-state index contributed by atoms with van der Waals surface area (Å²) in [6.45, 7) is 2.02. The van der Waals surface area contributed by atoms with Gasteiger partial charge in [0.1, 0.15) is 0 Å². The van der Waals surface area contributed by atoms with Gasteiger partial charge in [-0.05, 0) is 24.0 Å². The number of fused-ring (bicyclic) bond motifs is 1. The first-order valence-electron chi connectivity index (χ1n) is 6.49. The molecular weight excluding hydrogens is 264 g/mol. The number of ether oxygens (including phenoxy) is 1. The molecule has 19 heavy (non-hydrogen) atoms. The van der Waals surface area contributed by atoms with E-state index in [0.29, 0.717) is 13.2 Å². The third-order valence-electron chi connectivity index (χ3n) is 3.75. The molecule has 0 radical (unpaired) electrons. The van der Waals surface area contributed by atoms with Gasteiger partial charge in [-0.1, -0.05) is 24.3 Å². The smallest absolute Gasteiger partial charge is 0.256 e. The molecule has 5 heteroatoms. The van der Waals surface area contributed by atoms with Crippen molar-refractivity contribution < 1.29 is 9.53 Å². The third-order valence-corrected chi connectivity index (χ3v) is 3.75. The summed E-state index contributed by atoms with van der Waals surface area (Å²) >= 11 is 0. The first-order chi connectivity index (χ1) is 8.75. The average Bonchev–Trinajstić information content (AvgIpc) is 2.84. The summed E-state index contributed by atoms with van der Waals surface area (Å²) in [5.41, 5.74) is 8.10. The van der Waals surface area contributed by atoms with Crippen LogP contribution in [-0.2, 0) is 16.0 Å². The van der Waals surface area contributed by atoms with Crippen LogP contribution in [0.1, 0.15) is 23.7 Å². The van der Waals surface area contributed by atoms with Gasteiger partial charge >= 0.3 is 0 Å². The molecule has 2 atom stereocenters. The minimum Gasteiger partial charge on any atom is -0.363 e. The van der Waals surface area contributed by atoms with Crippen LogP contribution in [0.5, 0.6) is 0 Å². The second-order valence-corrected chi connectivity index (χ2v) is 5.03. The Bertz CT molecular complexity index is 467. The Labute approximate surface area is 119 Å². The van der Waals surface area contributed by atoms with Crippen molar-refractivity contribution in [3.8, 4) is 0 Å². The number of carbonyl (C=O) groups excluding carboxylic acids is 1. The molecule has 2 N–H and O–H groups in total. The number of rotatable bonds is 1. The maximum absolute atomic E-state index is 12.5. The number of nitrogens with zero attached hydrogens (tertiary/aromatic N) is 1. The Morgan fingerprint density at radius 3 is 2.89 bits per heavy atom. The third kappa shape index (κ3) is 2.76. The van der Waals surface area contributed by atoms with Crippen LogP contribution in [0, 0.1) is 0 Å². The van der Waals surface area contributed by atoms with Crippen molar-refractivity contribution in [1.82, 2.24) is 4.90 Å². The van der Waals surface area contributed by atoms with Gasteiger partial charge in [0.2, 0.25) is 0 Å². The van der Waals surface area contributed by atoms with E-state index >= 15 is 0 Å². The van der Waals surface area contributed by atoms with Crippen LogP contribution in [0.3, 0.4) is 0 Å². The summed E-state index contributed by atoms with van der Waals surface area (Å²) < 4.78 is 5.68. The molecule has 2 aliphatic heterocycles. The summed E-state index contributed by atoms with van der Waals surface area (Å²) in [6.07, 6.45) is 1.35. The normalized spacial score (nSPS) is 25.6. The second kappa shape index (κ2) is 5.90. The van der Waals surface area contributed by atoms with E-state index in [-0.39, 0.29) is 24.4 Å². The lowest BCUT2D eigenvalue weighted by molar-refractivity contribution is -0.144. The van der Waals surface area contributed by atoms with Crippen molar-refractivity contribution in [1.29, 1.82) is 0 Å². The number of amides is 1. The van der Waals surface area contributed by atoms with Gasteiger partial charge in [-0.2, -0.15) is 0 Å². The first-order valence-corrected chi connectivity index (χ1v) is 6.49. The molecule has 3 rings (SSSR count). The van der Waals surface area contributed by atoms with Gasteiger partial charge in [-0.25, -0.2) is 0 Å². The van der Waals surface area contributed by atoms with E-state index in [2.05, 4.69) is 6.07 Å². The molecule has 0 aromatic heterocycles. The highest BCUT2D eigenvalue weighted by molar-refractivity contribution is 5.85. The highest BCUT2D eigenvalue weighted by atomic mass is 35.5. The van der Waals surface area contributed by atoms with Crippen LogP contribution < -0.4 is 5.73 Å². The van der Waals surface area contributed by atoms with Crippen molar-refractivity contribution in [2.75, 3.05) is 19.7 Å². The number of halogens is 1. The molecule has 1 unspecified atom stereocenters. The summed E-state index contributed by atoms with van der Waals surface area (Å²) in [4.78, 5) is 14.3. The van der Waals surface area contributed by atoms with Crippen LogP contribution in [0.15, 0.2) is 24.3 Å². The van der Waals surface area contributed by atoms with E-state index in [1.54, 1.807) is 0 Å². The van der Waals surface area contributed by atoms with Crippen LogP contribution in [0.2, 0.25) is 0 Å². The van der Waals surface area contributed by atoms with Crippen LogP contribution in [0.4, 0.5) is 0 Å². The van der Waals surface area contributed by atoms with Crippen LogP contribution in [-0.4, -0.2) is 36.5 Å². The van der Waals surface area contributed by atoms with Crippen molar-refractivity contribution >= 4 is 18.3 Å². The molecule has 2 aliphatic rings. The zero-order chi connectivity index (χ0) is 12.5. The summed E-state index contributed by atoms with van der Waals surface area (Å²) in [5.74, 6) is 0.0649. The topological polar surface area (TPSA) is 55.6 Å². The Morgan fingerprint density at radius 2 is 2.16 bits per heavy atom. The fraction of sp³-hybridized carbons (Fsp3) is 0.500. The molecule has 2 heterocycles. The van der Waals surface area contributed by atoms with Gasteiger partial charge in [0.05, 0.1) is 6.61 Å².